The molecule has 0 bridgehead atoms. The van der Waals surface area contributed by atoms with Crippen LogP contribution in [0.4, 0.5) is 0 Å². The topological polar surface area (TPSA) is 62.3 Å². The molecule has 1 aromatic rings. The van der Waals surface area contributed by atoms with E-state index in [9.17, 15) is 9.59 Å². The first-order chi connectivity index (χ1) is 18.4. The van der Waals surface area contributed by atoms with Gasteiger partial charge in [-0.2, -0.15) is 0 Å². The van der Waals surface area contributed by atoms with Gasteiger partial charge < -0.3 is 24.2 Å². The molecule has 1 aliphatic rings. The Kier molecular flexibility index (Phi) is 15.2. The Balaban J connectivity index is 1.80. The molecule has 0 unspecified atom stereocenters. The SMILES string of the molecule is CCCCCCCCCCCCCC(=O)N(CCN(C)C)CC(=O)N1CCc2cc(OC)c(OC)cc2C1. The number of unbranched alkanes of at least 4 members (excludes halogenated alkanes) is 10. The van der Waals surface area contributed by atoms with Crippen molar-refractivity contribution in [1.29, 1.82) is 0 Å². The van der Waals surface area contributed by atoms with Crippen LogP contribution in [0.15, 0.2) is 12.1 Å². The summed E-state index contributed by atoms with van der Waals surface area (Å²) in [5.74, 6) is 1.50. The van der Waals surface area contributed by atoms with E-state index in [-0.39, 0.29) is 18.4 Å². The maximum atomic E-state index is 13.3. The van der Waals surface area contributed by atoms with E-state index >= 15 is 0 Å². The first-order valence-corrected chi connectivity index (χ1v) is 14.8. The third-order valence-corrected chi connectivity index (χ3v) is 7.56. The van der Waals surface area contributed by atoms with Gasteiger partial charge in [-0.05, 0) is 50.2 Å². The summed E-state index contributed by atoms with van der Waals surface area (Å²) in [6.45, 7) is 4.90. The lowest BCUT2D eigenvalue weighted by Crippen LogP contribution is -2.46. The van der Waals surface area contributed by atoms with Crippen LogP contribution in [0.1, 0.15) is 95.1 Å². The van der Waals surface area contributed by atoms with Gasteiger partial charge in [0.2, 0.25) is 11.8 Å². The number of fused-ring (bicyclic) bond motifs is 1. The summed E-state index contributed by atoms with van der Waals surface area (Å²) < 4.78 is 10.9. The number of likely N-dealkylation sites (N-methyl/N-ethyl adjacent to an activating group) is 1. The fourth-order valence-electron chi connectivity index (χ4n) is 5.07. The molecule has 7 nitrogen and oxygen atoms in total. The molecule has 0 fully saturated rings. The zero-order chi connectivity index (χ0) is 27.8. The Morgan fingerprint density at radius 1 is 0.816 bits per heavy atom. The Bertz CT molecular complexity index is 843. The minimum absolute atomic E-state index is 0.0106. The zero-order valence-corrected chi connectivity index (χ0v) is 24.9. The van der Waals surface area contributed by atoms with Crippen LogP contribution in [0.2, 0.25) is 0 Å². The molecule has 216 valence electrons. The molecule has 0 aliphatic carbocycles. The van der Waals surface area contributed by atoms with Crippen molar-refractivity contribution in [3.05, 3.63) is 23.3 Å². The van der Waals surface area contributed by atoms with Crippen molar-refractivity contribution in [2.24, 2.45) is 0 Å². The van der Waals surface area contributed by atoms with Crippen LogP contribution < -0.4 is 9.47 Å². The highest BCUT2D eigenvalue weighted by atomic mass is 16.5. The lowest BCUT2D eigenvalue weighted by molar-refractivity contribution is -0.141. The molecule has 0 saturated heterocycles. The minimum atomic E-state index is 0.0106. The number of benzene rings is 1. The molecule has 2 amide bonds. The second kappa shape index (κ2) is 18.1. The van der Waals surface area contributed by atoms with Crippen molar-refractivity contribution in [2.75, 3.05) is 54.5 Å². The Morgan fingerprint density at radius 2 is 1.37 bits per heavy atom. The summed E-state index contributed by atoms with van der Waals surface area (Å²) in [4.78, 5) is 32.1. The van der Waals surface area contributed by atoms with Crippen molar-refractivity contribution < 1.29 is 19.1 Å². The molecule has 0 N–H and O–H groups in total. The van der Waals surface area contributed by atoms with Crippen molar-refractivity contribution in [2.45, 2.75) is 96.9 Å². The predicted molar refractivity (Wildman–Crippen MR) is 155 cm³/mol. The maximum absolute atomic E-state index is 13.3. The number of nitrogens with zero attached hydrogens (tertiary/aromatic N) is 3. The van der Waals surface area contributed by atoms with Crippen LogP contribution in [0.3, 0.4) is 0 Å². The number of amides is 2. The van der Waals surface area contributed by atoms with Crippen molar-refractivity contribution in [3.63, 3.8) is 0 Å². The smallest absolute Gasteiger partial charge is 0.242 e. The van der Waals surface area contributed by atoms with E-state index in [4.69, 9.17) is 9.47 Å². The van der Waals surface area contributed by atoms with Gasteiger partial charge in [-0.25, -0.2) is 0 Å². The van der Waals surface area contributed by atoms with Crippen LogP contribution in [0, 0.1) is 0 Å². The molecule has 38 heavy (non-hydrogen) atoms. The highest BCUT2D eigenvalue weighted by Gasteiger charge is 2.25. The highest BCUT2D eigenvalue weighted by molar-refractivity contribution is 5.85. The third kappa shape index (κ3) is 11.2. The molecule has 1 aromatic carbocycles. The van der Waals surface area contributed by atoms with Crippen molar-refractivity contribution in [1.82, 2.24) is 14.7 Å². The van der Waals surface area contributed by atoms with E-state index in [1.54, 1.807) is 19.1 Å². The molecule has 0 aromatic heterocycles. The van der Waals surface area contributed by atoms with Gasteiger partial charge in [0.25, 0.3) is 0 Å². The third-order valence-electron chi connectivity index (χ3n) is 7.56. The number of hydrogen-bond donors (Lipinski definition) is 0. The van der Waals surface area contributed by atoms with Crippen LogP contribution >= 0.6 is 0 Å². The Morgan fingerprint density at radius 3 is 1.92 bits per heavy atom. The quantitative estimate of drug-likeness (QED) is 0.215. The second-order valence-electron chi connectivity index (χ2n) is 10.9. The number of carbonyl (C=O) groups excluding carboxylic acids is 2. The number of rotatable bonds is 19. The second-order valence-corrected chi connectivity index (χ2v) is 10.9. The number of hydrogen-bond acceptors (Lipinski definition) is 5. The van der Waals surface area contributed by atoms with Gasteiger partial charge in [0, 0.05) is 32.6 Å². The zero-order valence-electron chi connectivity index (χ0n) is 24.9. The molecule has 0 saturated carbocycles. The standard InChI is InChI=1S/C31H53N3O4/c1-6-7-8-9-10-11-12-13-14-15-16-17-30(35)34(21-20-32(2)3)25-31(36)33-19-18-26-22-28(37-4)29(38-5)23-27(26)24-33/h22-23H,6-21,24-25H2,1-5H3. The molecule has 2 rings (SSSR count). The van der Waals surface area contributed by atoms with Gasteiger partial charge >= 0.3 is 0 Å². The van der Waals surface area contributed by atoms with Gasteiger partial charge in [-0.1, -0.05) is 71.1 Å². The monoisotopic (exact) mass is 531 g/mol. The van der Waals surface area contributed by atoms with E-state index in [0.717, 1.165) is 31.4 Å². The van der Waals surface area contributed by atoms with Gasteiger partial charge in [0.05, 0.1) is 20.8 Å². The molecular weight excluding hydrogens is 478 g/mol. The van der Waals surface area contributed by atoms with E-state index in [1.807, 2.05) is 31.1 Å². The normalized spacial score (nSPS) is 12.9. The van der Waals surface area contributed by atoms with Gasteiger partial charge in [-0.15, -0.1) is 0 Å². The summed E-state index contributed by atoms with van der Waals surface area (Å²) >= 11 is 0. The minimum Gasteiger partial charge on any atom is -0.493 e. The largest absolute Gasteiger partial charge is 0.493 e. The van der Waals surface area contributed by atoms with E-state index in [0.29, 0.717) is 37.6 Å². The predicted octanol–water partition coefficient (Wildman–Crippen LogP) is 5.68. The molecular formula is C31H53N3O4. The van der Waals surface area contributed by atoms with Crippen LogP contribution in [-0.2, 0) is 22.6 Å². The summed E-state index contributed by atoms with van der Waals surface area (Å²) in [7, 11) is 7.26. The first kappa shape index (κ1) is 31.9. The molecule has 1 aliphatic heterocycles. The van der Waals surface area contributed by atoms with Crippen LogP contribution in [0.5, 0.6) is 11.5 Å². The maximum Gasteiger partial charge on any atom is 0.242 e. The average Bonchev–Trinajstić information content (AvgIpc) is 2.92. The van der Waals surface area contributed by atoms with E-state index in [1.165, 1.54) is 63.4 Å². The lowest BCUT2D eigenvalue weighted by Gasteiger charge is -2.32. The molecule has 7 heteroatoms. The Hall–Kier alpha value is -2.28. The van der Waals surface area contributed by atoms with Crippen LogP contribution in [-0.4, -0.2) is 81.0 Å². The fraction of sp³-hybridized carbons (Fsp3) is 0.742. The lowest BCUT2D eigenvalue weighted by atomic mass is 9.98. The number of ether oxygens (including phenoxy) is 2. The summed E-state index contributed by atoms with van der Waals surface area (Å²) in [6, 6.07) is 3.98. The first-order valence-electron chi connectivity index (χ1n) is 14.8. The van der Waals surface area contributed by atoms with Crippen molar-refractivity contribution in [3.8, 4) is 11.5 Å². The van der Waals surface area contributed by atoms with Crippen molar-refractivity contribution >= 4 is 11.8 Å². The van der Waals surface area contributed by atoms with Gasteiger partial charge in [-0.3, -0.25) is 9.59 Å². The molecule has 1 heterocycles. The summed E-state index contributed by atoms with van der Waals surface area (Å²) in [5, 5.41) is 0. The number of carbonyl (C=O) groups is 2. The average molecular weight is 532 g/mol. The van der Waals surface area contributed by atoms with Gasteiger partial charge in [0.1, 0.15) is 0 Å². The highest BCUT2D eigenvalue weighted by Crippen LogP contribution is 2.33. The van der Waals surface area contributed by atoms with Crippen LogP contribution in [0.25, 0.3) is 0 Å². The van der Waals surface area contributed by atoms with E-state index in [2.05, 4.69) is 11.8 Å². The summed E-state index contributed by atoms with van der Waals surface area (Å²) in [5.41, 5.74) is 2.26. The molecule has 0 spiro atoms. The summed E-state index contributed by atoms with van der Waals surface area (Å²) in [6.07, 6.45) is 15.2. The van der Waals surface area contributed by atoms with E-state index < -0.39 is 0 Å². The number of methoxy groups -OCH3 is 2. The van der Waals surface area contributed by atoms with Gasteiger partial charge in [0.15, 0.2) is 11.5 Å². The Labute approximate surface area is 231 Å². The fourth-order valence-corrected chi connectivity index (χ4v) is 5.07. The molecule has 0 atom stereocenters. The molecule has 0 radical (unpaired) electrons.